The number of amides is 3. The highest BCUT2D eigenvalue weighted by atomic mass is 16.2. The average molecular weight is 213 g/mol. The molecule has 0 aromatic heterocycles. The van der Waals surface area contributed by atoms with Crippen molar-refractivity contribution in [2.75, 3.05) is 13.1 Å². The number of likely N-dealkylation sites (tertiary alicyclic amines) is 1. The predicted octanol–water partition coefficient (Wildman–Crippen LogP) is 0.446. The van der Waals surface area contributed by atoms with E-state index in [1.165, 1.54) is 0 Å². The van der Waals surface area contributed by atoms with E-state index in [-0.39, 0.29) is 6.03 Å². The summed E-state index contributed by atoms with van der Waals surface area (Å²) < 4.78 is 0. The Hall–Kier alpha value is -1.26. The number of nitrogens with two attached hydrogens (primary N) is 1. The minimum absolute atomic E-state index is 0.166. The number of nitrogens with zero attached hydrogens (tertiary/aromatic N) is 1. The van der Waals surface area contributed by atoms with Gasteiger partial charge in [-0.3, -0.25) is 4.79 Å². The lowest BCUT2D eigenvalue weighted by molar-refractivity contribution is -0.123. The van der Waals surface area contributed by atoms with Crippen LogP contribution in [0.1, 0.15) is 32.6 Å². The quantitative estimate of drug-likeness (QED) is 0.714. The molecule has 1 saturated heterocycles. The Kier molecular flexibility index (Phi) is 4.39. The van der Waals surface area contributed by atoms with Crippen LogP contribution < -0.4 is 11.1 Å². The highest BCUT2D eigenvalue weighted by Crippen LogP contribution is 2.16. The Morgan fingerprint density at radius 1 is 1.47 bits per heavy atom. The van der Waals surface area contributed by atoms with E-state index < -0.39 is 11.9 Å². The Labute approximate surface area is 90.0 Å². The first-order chi connectivity index (χ1) is 7.16. The Morgan fingerprint density at radius 3 is 2.80 bits per heavy atom. The van der Waals surface area contributed by atoms with Gasteiger partial charge in [0.1, 0.15) is 6.04 Å². The lowest BCUT2D eigenvalue weighted by atomic mass is 10.0. The molecule has 0 aromatic rings. The zero-order valence-electron chi connectivity index (χ0n) is 9.16. The molecule has 0 aromatic carbocycles. The van der Waals surface area contributed by atoms with Crippen molar-refractivity contribution in [2.24, 2.45) is 5.73 Å². The summed E-state index contributed by atoms with van der Waals surface area (Å²) in [6.07, 6.45) is 3.49. The number of hydrogen-bond acceptors (Lipinski definition) is 2. The number of carbonyl (C=O) groups is 2. The van der Waals surface area contributed by atoms with Crippen LogP contribution in [0.3, 0.4) is 0 Å². The van der Waals surface area contributed by atoms with Crippen molar-refractivity contribution < 1.29 is 9.59 Å². The Bertz CT molecular complexity index is 243. The van der Waals surface area contributed by atoms with E-state index >= 15 is 0 Å². The highest BCUT2D eigenvalue weighted by molar-refractivity contribution is 5.86. The molecule has 1 aliphatic heterocycles. The second-order valence-electron chi connectivity index (χ2n) is 3.84. The normalized spacial score (nSPS) is 21.1. The smallest absolute Gasteiger partial charge is 0.318 e. The predicted molar refractivity (Wildman–Crippen MR) is 57.2 cm³/mol. The number of nitrogens with one attached hydrogen (secondary N) is 1. The molecule has 86 valence electrons. The number of hydrogen-bond donors (Lipinski definition) is 2. The number of carbonyl (C=O) groups excluding carboxylic acids is 2. The van der Waals surface area contributed by atoms with Crippen molar-refractivity contribution in [1.82, 2.24) is 10.2 Å². The minimum Gasteiger partial charge on any atom is -0.368 e. The van der Waals surface area contributed by atoms with Crippen LogP contribution in [0.4, 0.5) is 4.79 Å². The molecule has 0 radical (unpaired) electrons. The van der Waals surface area contributed by atoms with Gasteiger partial charge in [-0.05, 0) is 25.7 Å². The second kappa shape index (κ2) is 5.58. The van der Waals surface area contributed by atoms with E-state index in [2.05, 4.69) is 5.32 Å². The van der Waals surface area contributed by atoms with Gasteiger partial charge in [0.15, 0.2) is 0 Å². The highest BCUT2D eigenvalue weighted by Gasteiger charge is 2.30. The summed E-state index contributed by atoms with van der Waals surface area (Å²) in [7, 11) is 0. The zero-order chi connectivity index (χ0) is 11.3. The molecule has 0 aliphatic carbocycles. The van der Waals surface area contributed by atoms with E-state index in [9.17, 15) is 9.59 Å². The maximum atomic E-state index is 11.7. The fourth-order valence-electron chi connectivity index (χ4n) is 1.80. The summed E-state index contributed by atoms with van der Waals surface area (Å²) in [4.78, 5) is 24.4. The maximum Gasteiger partial charge on any atom is 0.318 e. The van der Waals surface area contributed by atoms with Gasteiger partial charge in [0.25, 0.3) is 0 Å². The van der Waals surface area contributed by atoms with Crippen LogP contribution in [-0.2, 0) is 4.79 Å². The first-order valence-electron chi connectivity index (χ1n) is 5.50. The summed E-state index contributed by atoms with van der Waals surface area (Å²) in [6, 6.07) is -0.587. The van der Waals surface area contributed by atoms with Crippen molar-refractivity contribution in [2.45, 2.75) is 38.6 Å². The number of piperidine rings is 1. The molecule has 0 bridgehead atoms. The topological polar surface area (TPSA) is 75.4 Å². The van der Waals surface area contributed by atoms with E-state index in [1.807, 2.05) is 6.92 Å². The molecule has 5 heteroatoms. The molecule has 15 heavy (non-hydrogen) atoms. The van der Waals surface area contributed by atoms with E-state index in [1.54, 1.807) is 4.90 Å². The fourth-order valence-corrected chi connectivity index (χ4v) is 1.80. The summed E-state index contributed by atoms with van der Waals surface area (Å²) in [5.41, 5.74) is 5.26. The Balaban J connectivity index is 2.55. The van der Waals surface area contributed by atoms with Crippen LogP contribution in [-0.4, -0.2) is 36.0 Å². The third-order valence-electron chi connectivity index (χ3n) is 2.62. The van der Waals surface area contributed by atoms with E-state index in [0.29, 0.717) is 19.5 Å². The van der Waals surface area contributed by atoms with Gasteiger partial charge >= 0.3 is 6.03 Å². The fraction of sp³-hybridized carbons (Fsp3) is 0.800. The molecular formula is C10H19N3O2. The second-order valence-corrected chi connectivity index (χ2v) is 3.84. The molecule has 1 unspecified atom stereocenters. The monoisotopic (exact) mass is 213 g/mol. The van der Waals surface area contributed by atoms with Gasteiger partial charge < -0.3 is 16.0 Å². The SMILES string of the molecule is CCCNC(=O)N1CCCCC1C(N)=O. The van der Waals surface area contributed by atoms with Gasteiger partial charge in [-0.25, -0.2) is 4.79 Å². The van der Waals surface area contributed by atoms with Gasteiger partial charge in [-0.2, -0.15) is 0 Å². The van der Waals surface area contributed by atoms with Crippen molar-refractivity contribution in [3.8, 4) is 0 Å². The molecule has 1 aliphatic rings. The molecule has 1 heterocycles. The van der Waals surface area contributed by atoms with Gasteiger partial charge in [0.05, 0.1) is 0 Å². The van der Waals surface area contributed by atoms with Crippen LogP contribution in [0.25, 0.3) is 0 Å². The largest absolute Gasteiger partial charge is 0.368 e. The molecule has 3 amide bonds. The third-order valence-corrected chi connectivity index (χ3v) is 2.62. The zero-order valence-corrected chi connectivity index (χ0v) is 9.16. The first-order valence-corrected chi connectivity index (χ1v) is 5.50. The molecule has 0 saturated carbocycles. The van der Waals surface area contributed by atoms with Crippen LogP contribution in [0.2, 0.25) is 0 Å². The Morgan fingerprint density at radius 2 is 2.20 bits per heavy atom. The van der Waals surface area contributed by atoms with E-state index in [0.717, 1.165) is 19.3 Å². The number of urea groups is 1. The van der Waals surface area contributed by atoms with Gasteiger partial charge in [-0.15, -0.1) is 0 Å². The standard InChI is InChI=1S/C10H19N3O2/c1-2-6-12-10(15)13-7-4-3-5-8(13)9(11)14/h8H,2-7H2,1H3,(H2,11,14)(H,12,15). The average Bonchev–Trinajstić information content (AvgIpc) is 2.25. The molecule has 1 fully saturated rings. The molecule has 1 rings (SSSR count). The number of rotatable bonds is 3. The van der Waals surface area contributed by atoms with Gasteiger partial charge in [-0.1, -0.05) is 6.92 Å². The maximum absolute atomic E-state index is 11.7. The molecule has 5 nitrogen and oxygen atoms in total. The first kappa shape index (κ1) is 11.8. The van der Waals surface area contributed by atoms with Crippen LogP contribution in [0.15, 0.2) is 0 Å². The summed E-state index contributed by atoms with van der Waals surface area (Å²) in [5, 5.41) is 2.77. The summed E-state index contributed by atoms with van der Waals surface area (Å²) >= 11 is 0. The van der Waals surface area contributed by atoms with Crippen LogP contribution >= 0.6 is 0 Å². The van der Waals surface area contributed by atoms with Crippen LogP contribution in [0, 0.1) is 0 Å². The van der Waals surface area contributed by atoms with Crippen molar-refractivity contribution in [3.63, 3.8) is 0 Å². The van der Waals surface area contributed by atoms with Gasteiger partial charge in [0.2, 0.25) is 5.91 Å². The molecular weight excluding hydrogens is 194 g/mol. The van der Waals surface area contributed by atoms with Crippen molar-refractivity contribution >= 4 is 11.9 Å². The lowest BCUT2D eigenvalue weighted by Crippen LogP contribution is -2.53. The number of primary amides is 1. The molecule has 1 atom stereocenters. The van der Waals surface area contributed by atoms with Crippen molar-refractivity contribution in [1.29, 1.82) is 0 Å². The summed E-state index contributed by atoms with van der Waals surface area (Å²) in [6.45, 7) is 3.26. The minimum atomic E-state index is -0.421. The lowest BCUT2D eigenvalue weighted by Gasteiger charge is -2.33. The van der Waals surface area contributed by atoms with E-state index in [4.69, 9.17) is 5.73 Å². The van der Waals surface area contributed by atoms with Gasteiger partial charge in [0, 0.05) is 13.1 Å². The van der Waals surface area contributed by atoms with Crippen LogP contribution in [0.5, 0.6) is 0 Å². The molecule has 3 N–H and O–H groups in total. The molecule has 0 spiro atoms. The van der Waals surface area contributed by atoms with Crippen molar-refractivity contribution in [3.05, 3.63) is 0 Å². The third kappa shape index (κ3) is 3.11. The summed E-state index contributed by atoms with van der Waals surface area (Å²) in [5.74, 6) is -0.402.